The van der Waals surface area contributed by atoms with Gasteiger partial charge in [0.2, 0.25) is 5.95 Å². The molecule has 0 aliphatic carbocycles. The molecule has 0 amide bonds. The molecule has 0 saturated carbocycles. The second-order valence-corrected chi connectivity index (χ2v) is 3.43. The molecular weight excluding hydrogens is 218 g/mol. The number of ether oxygens (including phenoxy) is 1. The van der Waals surface area contributed by atoms with Crippen LogP contribution in [0.4, 0.5) is 5.95 Å². The number of aliphatic hydroxyl groups excluding tert-OH is 3. The van der Waals surface area contributed by atoms with Crippen LogP contribution in [0.3, 0.4) is 0 Å². The van der Waals surface area contributed by atoms with Crippen LogP contribution in [0.25, 0.3) is 0 Å². The van der Waals surface area contributed by atoms with E-state index in [0.717, 1.165) is 0 Å². The van der Waals surface area contributed by atoms with Crippen molar-refractivity contribution in [3.8, 4) is 0 Å². The SMILES string of the molecule is CNc1nnnn1[C@H]1O[C@@H](CO)[C@@H](O)[C@@H]1O. The average Bonchev–Trinajstić information content (AvgIpc) is 2.86. The summed E-state index contributed by atoms with van der Waals surface area (Å²) >= 11 is 0. The molecule has 1 aliphatic rings. The fourth-order valence-electron chi connectivity index (χ4n) is 1.61. The Bertz CT molecular complexity index is 358. The third-order valence-corrected chi connectivity index (χ3v) is 2.47. The molecule has 1 aromatic heterocycles. The summed E-state index contributed by atoms with van der Waals surface area (Å²) in [5, 5.41) is 41.6. The first-order valence-electron chi connectivity index (χ1n) is 4.77. The van der Waals surface area contributed by atoms with Crippen molar-refractivity contribution in [3.63, 3.8) is 0 Å². The maximum Gasteiger partial charge on any atom is 0.245 e. The average molecular weight is 231 g/mol. The quantitative estimate of drug-likeness (QED) is 0.443. The van der Waals surface area contributed by atoms with Gasteiger partial charge in [0, 0.05) is 7.05 Å². The monoisotopic (exact) mass is 231 g/mol. The van der Waals surface area contributed by atoms with E-state index in [-0.39, 0.29) is 6.61 Å². The lowest BCUT2D eigenvalue weighted by atomic mass is 10.1. The van der Waals surface area contributed by atoms with Crippen LogP contribution in [0.5, 0.6) is 0 Å². The molecule has 0 bridgehead atoms. The van der Waals surface area contributed by atoms with Gasteiger partial charge in [-0.15, -0.1) is 0 Å². The maximum absolute atomic E-state index is 9.72. The van der Waals surface area contributed by atoms with E-state index < -0.39 is 24.5 Å². The summed E-state index contributed by atoms with van der Waals surface area (Å²) in [4.78, 5) is 0. The summed E-state index contributed by atoms with van der Waals surface area (Å²) in [6.07, 6.45) is -4.10. The number of nitrogens with zero attached hydrogens (tertiary/aromatic N) is 4. The van der Waals surface area contributed by atoms with Crippen LogP contribution < -0.4 is 5.32 Å². The zero-order valence-corrected chi connectivity index (χ0v) is 8.56. The van der Waals surface area contributed by atoms with Crippen molar-refractivity contribution in [3.05, 3.63) is 0 Å². The van der Waals surface area contributed by atoms with Crippen molar-refractivity contribution >= 4 is 5.95 Å². The molecule has 1 aromatic rings. The lowest BCUT2D eigenvalue weighted by molar-refractivity contribution is -0.0583. The van der Waals surface area contributed by atoms with E-state index in [1.165, 1.54) is 4.68 Å². The van der Waals surface area contributed by atoms with Crippen LogP contribution in [0.2, 0.25) is 0 Å². The van der Waals surface area contributed by atoms with Gasteiger partial charge in [-0.1, -0.05) is 5.10 Å². The number of hydrogen-bond acceptors (Lipinski definition) is 8. The van der Waals surface area contributed by atoms with Crippen LogP contribution in [0.15, 0.2) is 0 Å². The molecule has 1 fully saturated rings. The van der Waals surface area contributed by atoms with Crippen molar-refractivity contribution < 1.29 is 20.1 Å². The number of anilines is 1. The van der Waals surface area contributed by atoms with Gasteiger partial charge in [-0.25, -0.2) is 0 Å². The molecule has 9 nitrogen and oxygen atoms in total. The molecule has 0 unspecified atom stereocenters. The highest BCUT2D eigenvalue weighted by molar-refractivity contribution is 5.20. The first-order chi connectivity index (χ1) is 7.69. The fraction of sp³-hybridized carbons (Fsp3) is 0.857. The molecule has 1 aliphatic heterocycles. The van der Waals surface area contributed by atoms with Crippen LogP contribution in [0, 0.1) is 0 Å². The molecule has 1 saturated heterocycles. The summed E-state index contributed by atoms with van der Waals surface area (Å²) in [6, 6.07) is 0. The molecule has 4 N–H and O–H groups in total. The Hall–Kier alpha value is -1.29. The van der Waals surface area contributed by atoms with E-state index in [1.807, 2.05) is 0 Å². The van der Waals surface area contributed by atoms with E-state index in [2.05, 4.69) is 20.8 Å². The molecule has 4 atom stereocenters. The van der Waals surface area contributed by atoms with E-state index in [0.29, 0.717) is 5.95 Å². The third kappa shape index (κ3) is 1.63. The number of tetrazole rings is 1. The van der Waals surface area contributed by atoms with Crippen LogP contribution in [-0.4, -0.2) is 67.5 Å². The van der Waals surface area contributed by atoms with Gasteiger partial charge in [0.15, 0.2) is 6.23 Å². The normalized spacial score (nSPS) is 34.2. The number of rotatable bonds is 3. The van der Waals surface area contributed by atoms with E-state index in [1.54, 1.807) is 7.05 Å². The van der Waals surface area contributed by atoms with Crippen molar-refractivity contribution in [2.75, 3.05) is 19.0 Å². The molecule has 0 radical (unpaired) electrons. The molecule has 9 heteroatoms. The first-order valence-corrected chi connectivity index (χ1v) is 4.77. The highest BCUT2D eigenvalue weighted by atomic mass is 16.6. The zero-order chi connectivity index (χ0) is 11.7. The molecular formula is C7H13N5O4. The Balaban J connectivity index is 2.22. The lowest BCUT2D eigenvalue weighted by Crippen LogP contribution is -2.33. The lowest BCUT2D eigenvalue weighted by Gasteiger charge is -2.15. The van der Waals surface area contributed by atoms with Gasteiger partial charge >= 0.3 is 0 Å². The second kappa shape index (κ2) is 4.29. The van der Waals surface area contributed by atoms with Gasteiger partial charge in [-0.2, -0.15) is 4.68 Å². The topological polar surface area (TPSA) is 126 Å². The number of hydrogen-bond donors (Lipinski definition) is 4. The number of aromatic nitrogens is 4. The summed E-state index contributed by atoms with van der Waals surface area (Å²) in [6.45, 7) is -0.383. The summed E-state index contributed by atoms with van der Waals surface area (Å²) in [7, 11) is 1.61. The van der Waals surface area contributed by atoms with Crippen molar-refractivity contribution in [1.82, 2.24) is 20.2 Å². The summed E-state index contributed by atoms with van der Waals surface area (Å²) in [5.74, 6) is 0.301. The van der Waals surface area contributed by atoms with Crippen molar-refractivity contribution in [2.45, 2.75) is 24.5 Å². The highest BCUT2D eigenvalue weighted by Crippen LogP contribution is 2.29. The number of aliphatic hydroxyl groups is 3. The standard InChI is InChI=1S/C7H13N5O4/c1-8-7-9-10-11-12(7)6-5(15)4(14)3(2-13)16-6/h3-6,13-15H,2H2,1H3,(H,8,9,11)/t3-,4+,5-,6-/m0/s1. The Morgan fingerprint density at radius 3 is 2.75 bits per heavy atom. The highest BCUT2D eigenvalue weighted by Gasteiger charge is 2.44. The predicted molar refractivity (Wildman–Crippen MR) is 50.4 cm³/mol. The van der Waals surface area contributed by atoms with Crippen molar-refractivity contribution in [2.24, 2.45) is 0 Å². The minimum Gasteiger partial charge on any atom is -0.394 e. The van der Waals surface area contributed by atoms with Gasteiger partial charge in [0.1, 0.15) is 18.3 Å². The van der Waals surface area contributed by atoms with Gasteiger partial charge < -0.3 is 25.4 Å². The van der Waals surface area contributed by atoms with E-state index in [4.69, 9.17) is 9.84 Å². The first kappa shape index (κ1) is 11.2. The molecule has 2 heterocycles. The predicted octanol–water partition coefficient (Wildman–Crippen LogP) is -2.67. The Labute approximate surface area is 90.6 Å². The smallest absolute Gasteiger partial charge is 0.245 e. The molecule has 0 aromatic carbocycles. The molecule has 2 rings (SSSR count). The minimum atomic E-state index is -1.19. The molecule has 16 heavy (non-hydrogen) atoms. The van der Waals surface area contributed by atoms with Crippen LogP contribution in [-0.2, 0) is 4.74 Å². The van der Waals surface area contributed by atoms with Crippen LogP contribution in [0.1, 0.15) is 6.23 Å². The summed E-state index contributed by atoms with van der Waals surface area (Å²) < 4.78 is 6.46. The van der Waals surface area contributed by atoms with Gasteiger partial charge in [-0.05, 0) is 10.4 Å². The Kier molecular flexibility index (Phi) is 3.01. The van der Waals surface area contributed by atoms with Gasteiger partial charge in [-0.3, -0.25) is 0 Å². The van der Waals surface area contributed by atoms with Crippen LogP contribution >= 0.6 is 0 Å². The largest absolute Gasteiger partial charge is 0.394 e. The summed E-state index contributed by atoms with van der Waals surface area (Å²) in [5.41, 5.74) is 0. The van der Waals surface area contributed by atoms with Crippen molar-refractivity contribution in [1.29, 1.82) is 0 Å². The Morgan fingerprint density at radius 2 is 2.19 bits per heavy atom. The van der Waals surface area contributed by atoms with E-state index in [9.17, 15) is 10.2 Å². The minimum absolute atomic E-state index is 0.301. The number of nitrogens with one attached hydrogen (secondary N) is 1. The zero-order valence-electron chi connectivity index (χ0n) is 8.56. The fourth-order valence-corrected chi connectivity index (χ4v) is 1.61. The maximum atomic E-state index is 9.72. The second-order valence-electron chi connectivity index (χ2n) is 3.43. The third-order valence-electron chi connectivity index (χ3n) is 2.47. The Morgan fingerprint density at radius 1 is 1.44 bits per heavy atom. The molecule has 90 valence electrons. The van der Waals surface area contributed by atoms with Gasteiger partial charge in [0.05, 0.1) is 6.61 Å². The molecule has 0 spiro atoms. The van der Waals surface area contributed by atoms with Gasteiger partial charge in [0.25, 0.3) is 0 Å². The van der Waals surface area contributed by atoms with E-state index >= 15 is 0 Å².